The molecule has 2 aromatic carbocycles. The molecule has 4 aromatic rings. The lowest BCUT2D eigenvalue weighted by Gasteiger charge is -2.36. The summed E-state index contributed by atoms with van der Waals surface area (Å²) in [5.41, 5.74) is 1.46. The van der Waals surface area contributed by atoms with E-state index in [9.17, 15) is 9.59 Å². The highest BCUT2D eigenvalue weighted by atomic mass is 32.1. The summed E-state index contributed by atoms with van der Waals surface area (Å²) in [6, 6.07) is 17.5. The first kappa shape index (κ1) is 27.2. The third kappa shape index (κ3) is 6.62. The maximum Gasteiger partial charge on any atom is 0.421 e. The van der Waals surface area contributed by atoms with Gasteiger partial charge in [0.1, 0.15) is 5.75 Å². The summed E-state index contributed by atoms with van der Waals surface area (Å²) in [7, 11) is 0. The third-order valence-corrected chi connectivity index (χ3v) is 8.18. The molecule has 1 aliphatic rings. The molecule has 0 atom stereocenters. The lowest BCUT2D eigenvalue weighted by molar-refractivity contribution is 0.142. The second kappa shape index (κ2) is 12.7. The molecule has 2 aromatic heterocycles. The number of anilines is 1. The molecular formula is C31H37N3O4S. The van der Waals surface area contributed by atoms with Gasteiger partial charge in [0.05, 0.1) is 18.7 Å². The Labute approximate surface area is 233 Å². The number of benzene rings is 2. The Kier molecular flexibility index (Phi) is 8.84. The fourth-order valence-corrected chi connectivity index (χ4v) is 5.84. The smallest absolute Gasteiger partial charge is 0.421 e. The van der Waals surface area contributed by atoms with Crippen molar-refractivity contribution in [1.82, 2.24) is 9.47 Å². The van der Waals surface area contributed by atoms with Crippen LogP contribution < -0.4 is 15.2 Å². The van der Waals surface area contributed by atoms with Crippen LogP contribution in [0.15, 0.2) is 64.8 Å². The summed E-state index contributed by atoms with van der Waals surface area (Å²) in [4.78, 5) is 30.2. The van der Waals surface area contributed by atoms with Crippen molar-refractivity contribution in [3.05, 3.63) is 70.3 Å². The van der Waals surface area contributed by atoms with Crippen LogP contribution in [0.4, 0.5) is 10.5 Å². The quantitative estimate of drug-likeness (QED) is 0.219. The lowest BCUT2D eigenvalue weighted by atomic mass is 10.1. The first-order valence-electron chi connectivity index (χ1n) is 13.9. The van der Waals surface area contributed by atoms with E-state index in [1.54, 1.807) is 23.5 Å². The summed E-state index contributed by atoms with van der Waals surface area (Å²) >= 11 is 1.80. The van der Waals surface area contributed by atoms with Crippen molar-refractivity contribution in [3.63, 3.8) is 0 Å². The normalized spacial score (nSPS) is 14.4. The van der Waals surface area contributed by atoms with E-state index >= 15 is 0 Å². The zero-order valence-electron chi connectivity index (χ0n) is 22.8. The van der Waals surface area contributed by atoms with Crippen molar-refractivity contribution in [2.45, 2.75) is 33.1 Å². The second-order valence-electron chi connectivity index (χ2n) is 10.5. The zero-order chi connectivity index (χ0) is 27.2. The fourth-order valence-electron chi connectivity index (χ4n) is 5.03. The minimum Gasteiger partial charge on any atom is -0.494 e. The van der Waals surface area contributed by atoms with E-state index in [-0.39, 0.29) is 6.61 Å². The van der Waals surface area contributed by atoms with Crippen LogP contribution in [0.2, 0.25) is 0 Å². The minimum atomic E-state index is -0.643. The van der Waals surface area contributed by atoms with Crippen molar-refractivity contribution in [3.8, 4) is 5.75 Å². The van der Waals surface area contributed by atoms with Gasteiger partial charge in [-0.25, -0.2) is 9.36 Å². The summed E-state index contributed by atoms with van der Waals surface area (Å²) < 4.78 is 13.8. The SMILES string of the molecule is CC(C)CCOC(=O)n1c(=O)ccc2ccc(OCCCCN3CCN(c4cccc5sccc45)CC3)cc21. The Bertz CT molecular complexity index is 1470. The average Bonchev–Trinajstić information content (AvgIpc) is 3.42. The molecule has 0 saturated carbocycles. The van der Waals surface area contributed by atoms with Crippen LogP contribution in [0, 0.1) is 5.92 Å². The lowest BCUT2D eigenvalue weighted by Crippen LogP contribution is -2.46. The molecule has 8 heteroatoms. The van der Waals surface area contributed by atoms with Crippen LogP contribution in [-0.4, -0.2) is 61.5 Å². The Balaban J connectivity index is 1.09. The summed E-state index contributed by atoms with van der Waals surface area (Å²) in [5.74, 6) is 1.06. The Morgan fingerprint density at radius 2 is 1.79 bits per heavy atom. The van der Waals surface area contributed by atoms with Crippen LogP contribution in [-0.2, 0) is 4.74 Å². The van der Waals surface area contributed by atoms with Crippen LogP contribution in [0.3, 0.4) is 0 Å². The van der Waals surface area contributed by atoms with Crippen LogP contribution in [0.1, 0.15) is 33.1 Å². The standard InChI is InChI=1S/C31H37N3O4S/c1-23(2)12-20-38-31(36)34-28-22-25(10-8-24(28)9-11-30(34)35)37-19-4-3-14-32-15-17-33(18-16-32)27-6-5-7-29-26(27)13-21-39-29/h5-11,13,21-23H,3-4,12,14-20H2,1-2H3. The van der Waals surface area contributed by atoms with E-state index in [2.05, 4.69) is 53.3 Å². The van der Waals surface area contributed by atoms with E-state index in [1.165, 1.54) is 21.8 Å². The van der Waals surface area contributed by atoms with Crippen LogP contribution in [0.5, 0.6) is 5.75 Å². The molecule has 0 radical (unpaired) electrons. The van der Waals surface area contributed by atoms with Gasteiger partial charge in [-0.15, -0.1) is 11.3 Å². The van der Waals surface area contributed by atoms with Gasteiger partial charge in [-0.2, -0.15) is 0 Å². The molecule has 0 bridgehead atoms. The van der Waals surface area contributed by atoms with Gasteiger partial charge in [0.2, 0.25) is 0 Å². The molecule has 5 rings (SSSR count). The predicted octanol–water partition coefficient (Wildman–Crippen LogP) is 6.23. The number of pyridine rings is 1. The predicted molar refractivity (Wildman–Crippen MR) is 160 cm³/mol. The molecule has 1 aliphatic heterocycles. The van der Waals surface area contributed by atoms with Gasteiger partial charge >= 0.3 is 6.09 Å². The molecule has 7 nitrogen and oxygen atoms in total. The minimum absolute atomic E-state index is 0.287. The number of thiophene rings is 1. The van der Waals surface area contributed by atoms with E-state index in [1.807, 2.05) is 12.1 Å². The van der Waals surface area contributed by atoms with Gasteiger partial charge < -0.3 is 14.4 Å². The van der Waals surface area contributed by atoms with Crippen molar-refractivity contribution in [1.29, 1.82) is 0 Å². The molecule has 0 amide bonds. The van der Waals surface area contributed by atoms with E-state index in [0.29, 0.717) is 23.8 Å². The van der Waals surface area contributed by atoms with Crippen LogP contribution >= 0.6 is 11.3 Å². The van der Waals surface area contributed by atoms with E-state index < -0.39 is 11.7 Å². The number of ether oxygens (including phenoxy) is 2. The van der Waals surface area contributed by atoms with Gasteiger partial charge in [0, 0.05) is 54.1 Å². The highest BCUT2D eigenvalue weighted by Crippen LogP contribution is 2.31. The highest BCUT2D eigenvalue weighted by Gasteiger charge is 2.19. The van der Waals surface area contributed by atoms with Crippen molar-refractivity contribution in [2.24, 2.45) is 5.92 Å². The number of unbranched alkanes of at least 4 members (excludes halogenated alkanes) is 1. The maximum atomic E-state index is 12.7. The summed E-state index contributed by atoms with van der Waals surface area (Å²) in [5, 5.41) is 4.32. The summed E-state index contributed by atoms with van der Waals surface area (Å²) in [6.45, 7) is 10.3. The maximum absolute atomic E-state index is 12.7. The second-order valence-corrected chi connectivity index (χ2v) is 11.5. The van der Waals surface area contributed by atoms with Gasteiger partial charge in [0.15, 0.2) is 0 Å². The third-order valence-electron chi connectivity index (χ3n) is 7.30. The Morgan fingerprint density at radius 1 is 0.974 bits per heavy atom. The molecule has 3 heterocycles. The topological polar surface area (TPSA) is 64.0 Å². The molecule has 0 spiro atoms. The van der Waals surface area contributed by atoms with Crippen LogP contribution in [0.25, 0.3) is 21.0 Å². The molecule has 0 aliphatic carbocycles. The molecule has 39 heavy (non-hydrogen) atoms. The number of hydrogen-bond donors (Lipinski definition) is 0. The van der Waals surface area contributed by atoms with Gasteiger partial charge in [-0.05, 0) is 78.9 Å². The first-order chi connectivity index (χ1) is 19.0. The average molecular weight is 548 g/mol. The number of aromatic nitrogens is 1. The number of carbonyl (C=O) groups excluding carboxylic acids is 1. The van der Waals surface area contributed by atoms with E-state index in [4.69, 9.17) is 9.47 Å². The molecular weight excluding hydrogens is 510 g/mol. The number of hydrogen-bond acceptors (Lipinski definition) is 7. The summed E-state index contributed by atoms with van der Waals surface area (Å²) in [6.07, 6.45) is 2.10. The molecule has 206 valence electrons. The van der Waals surface area contributed by atoms with Gasteiger partial charge in [0.25, 0.3) is 5.56 Å². The fraction of sp³-hybridized carbons (Fsp3) is 0.419. The largest absolute Gasteiger partial charge is 0.494 e. The molecule has 1 fully saturated rings. The molecule has 1 saturated heterocycles. The highest BCUT2D eigenvalue weighted by molar-refractivity contribution is 7.17. The van der Waals surface area contributed by atoms with E-state index in [0.717, 1.165) is 61.9 Å². The Morgan fingerprint density at radius 3 is 2.62 bits per heavy atom. The van der Waals surface area contributed by atoms with Crippen molar-refractivity contribution >= 4 is 44.1 Å². The van der Waals surface area contributed by atoms with Gasteiger partial charge in [-0.3, -0.25) is 9.69 Å². The molecule has 0 N–H and O–H groups in total. The number of fused-ring (bicyclic) bond motifs is 2. The van der Waals surface area contributed by atoms with Crippen molar-refractivity contribution in [2.75, 3.05) is 50.8 Å². The first-order valence-corrected chi connectivity index (χ1v) is 14.8. The van der Waals surface area contributed by atoms with Gasteiger partial charge in [-0.1, -0.05) is 19.9 Å². The number of rotatable bonds is 10. The zero-order valence-corrected chi connectivity index (χ0v) is 23.6. The number of nitrogens with zero attached hydrogens (tertiary/aromatic N) is 3. The Hall–Kier alpha value is -3.36. The monoisotopic (exact) mass is 547 g/mol. The number of carbonyl (C=O) groups is 1. The molecule has 0 unspecified atom stereocenters. The number of piperazine rings is 1. The van der Waals surface area contributed by atoms with Crippen molar-refractivity contribution < 1.29 is 14.3 Å².